The molecule has 2 heterocycles. The van der Waals surface area contributed by atoms with E-state index in [9.17, 15) is 15.0 Å². The number of rotatable bonds is 3. The second-order valence-electron chi connectivity index (χ2n) is 3.86. The number of aliphatic hydroxyl groups excluding tert-OH is 3. The SMILES string of the molecule is NC(=O)c1coc([C@H]2O[C@H](CO)[C@@H](O)[C@H]2O)c1. The van der Waals surface area contributed by atoms with E-state index in [-0.39, 0.29) is 11.3 Å². The lowest BCUT2D eigenvalue weighted by Crippen LogP contribution is -2.32. The summed E-state index contributed by atoms with van der Waals surface area (Å²) in [6.07, 6.45) is -3.08. The first-order valence-corrected chi connectivity index (χ1v) is 5.05. The van der Waals surface area contributed by atoms with E-state index < -0.39 is 36.9 Å². The molecule has 1 saturated heterocycles. The Morgan fingerprint density at radius 3 is 2.59 bits per heavy atom. The Kier molecular flexibility index (Phi) is 3.16. The highest BCUT2D eigenvalue weighted by atomic mass is 16.6. The number of furan rings is 1. The van der Waals surface area contributed by atoms with Crippen LogP contribution < -0.4 is 5.73 Å². The Labute approximate surface area is 96.4 Å². The predicted molar refractivity (Wildman–Crippen MR) is 53.9 cm³/mol. The van der Waals surface area contributed by atoms with Gasteiger partial charge >= 0.3 is 0 Å². The first-order chi connectivity index (χ1) is 8.04. The third kappa shape index (κ3) is 2.05. The summed E-state index contributed by atoms with van der Waals surface area (Å²) in [5.41, 5.74) is 5.20. The van der Waals surface area contributed by atoms with Crippen LogP contribution in [0.4, 0.5) is 0 Å². The summed E-state index contributed by atoms with van der Waals surface area (Å²) >= 11 is 0. The van der Waals surface area contributed by atoms with Crippen molar-refractivity contribution in [3.8, 4) is 0 Å². The van der Waals surface area contributed by atoms with Crippen molar-refractivity contribution in [3.05, 3.63) is 23.7 Å². The van der Waals surface area contributed by atoms with Gasteiger partial charge in [0.1, 0.15) is 36.4 Å². The Bertz CT molecular complexity index is 417. The minimum Gasteiger partial charge on any atom is -0.466 e. The molecule has 1 aliphatic heterocycles. The molecule has 7 heteroatoms. The molecule has 5 N–H and O–H groups in total. The fourth-order valence-electron chi connectivity index (χ4n) is 1.77. The molecule has 0 unspecified atom stereocenters. The summed E-state index contributed by atoms with van der Waals surface area (Å²) in [5.74, 6) is -0.479. The quantitative estimate of drug-likeness (QED) is 0.513. The van der Waals surface area contributed by atoms with Crippen LogP contribution in [-0.4, -0.2) is 46.1 Å². The first kappa shape index (κ1) is 12.1. The average molecular weight is 243 g/mol. The van der Waals surface area contributed by atoms with E-state index >= 15 is 0 Å². The van der Waals surface area contributed by atoms with Gasteiger partial charge in [-0.1, -0.05) is 0 Å². The van der Waals surface area contributed by atoms with Crippen molar-refractivity contribution in [3.63, 3.8) is 0 Å². The van der Waals surface area contributed by atoms with Crippen LogP contribution in [0.5, 0.6) is 0 Å². The molecule has 0 bridgehead atoms. The van der Waals surface area contributed by atoms with E-state index in [4.69, 9.17) is 20.0 Å². The fraction of sp³-hybridized carbons (Fsp3) is 0.500. The number of primary amides is 1. The molecule has 0 radical (unpaired) electrons. The highest BCUT2D eigenvalue weighted by molar-refractivity contribution is 5.92. The average Bonchev–Trinajstić information content (AvgIpc) is 2.87. The van der Waals surface area contributed by atoms with Crippen molar-refractivity contribution < 1.29 is 29.3 Å². The molecule has 94 valence electrons. The number of amides is 1. The maximum atomic E-state index is 10.9. The van der Waals surface area contributed by atoms with E-state index in [1.54, 1.807) is 0 Å². The van der Waals surface area contributed by atoms with Crippen molar-refractivity contribution in [1.82, 2.24) is 0 Å². The third-order valence-corrected chi connectivity index (χ3v) is 2.73. The number of ether oxygens (including phenoxy) is 1. The molecule has 0 spiro atoms. The molecule has 4 atom stereocenters. The maximum absolute atomic E-state index is 10.9. The highest BCUT2D eigenvalue weighted by Gasteiger charge is 2.44. The van der Waals surface area contributed by atoms with Crippen molar-refractivity contribution in [2.45, 2.75) is 24.4 Å². The minimum atomic E-state index is -1.22. The zero-order valence-electron chi connectivity index (χ0n) is 8.81. The van der Waals surface area contributed by atoms with Crippen molar-refractivity contribution >= 4 is 5.91 Å². The van der Waals surface area contributed by atoms with E-state index in [0.29, 0.717) is 0 Å². The van der Waals surface area contributed by atoms with Crippen LogP contribution in [-0.2, 0) is 4.74 Å². The van der Waals surface area contributed by atoms with Crippen LogP contribution >= 0.6 is 0 Å². The molecular formula is C10H13NO6. The number of carbonyl (C=O) groups is 1. The van der Waals surface area contributed by atoms with Crippen molar-refractivity contribution in [1.29, 1.82) is 0 Å². The highest BCUT2D eigenvalue weighted by Crippen LogP contribution is 2.34. The van der Waals surface area contributed by atoms with Gasteiger partial charge in [-0.2, -0.15) is 0 Å². The van der Waals surface area contributed by atoms with Gasteiger partial charge < -0.3 is 30.2 Å². The van der Waals surface area contributed by atoms with Gasteiger partial charge in [-0.25, -0.2) is 0 Å². The first-order valence-electron chi connectivity index (χ1n) is 5.05. The number of nitrogens with two attached hydrogens (primary N) is 1. The fourth-order valence-corrected chi connectivity index (χ4v) is 1.77. The Morgan fingerprint density at radius 2 is 2.12 bits per heavy atom. The molecule has 0 aromatic carbocycles. The largest absolute Gasteiger partial charge is 0.466 e. The lowest BCUT2D eigenvalue weighted by molar-refractivity contribution is -0.0290. The minimum absolute atomic E-state index is 0.151. The van der Waals surface area contributed by atoms with Gasteiger partial charge in [-0.05, 0) is 6.07 Å². The number of aliphatic hydroxyl groups is 3. The zero-order chi connectivity index (χ0) is 12.6. The lowest BCUT2D eigenvalue weighted by Gasteiger charge is -2.11. The molecule has 2 rings (SSSR count). The molecule has 1 aromatic heterocycles. The summed E-state index contributed by atoms with van der Waals surface area (Å²) in [4.78, 5) is 10.9. The van der Waals surface area contributed by atoms with E-state index in [1.165, 1.54) is 6.07 Å². The van der Waals surface area contributed by atoms with Crippen LogP contribution in [0.25, 0.3) is 0 Å². The Hall–Kier alpha value is -1.41. The standard InChI is InChI=1S/C10H13NO6/c11-10(15)4-1-5(16-3-4)9-8(14)7(13)6(2-12)17-9/h1,3,6-9,12-14H,2H2,(H2,11,15)/t6-,7-,8-,9-/m1/s1. The third-order valence-electron chi connectivity index (χ3n) is 2.73. The number of hydrogen-bond acceptors (Lipinski definition) is 6. The van der Waals surface area contributed by atoms with Gasteiger partial charge in [0.05, 0.1) is 12.2 Å². The summed E-state index contributed by atoms with van der Waals surface area (Å²) in [6, 6.07) is 1.34. The Balaban J connectivity index is 2.19. The van der Waals surface area contributed by atoms with Gasteiger partial charge in [0.25, 0.3) is 5.91 Å². The summed E-state index contributed by atoms with van der Waals surface area (Å²) in [5, 5.41) is 28.1. The Morgan fingerprint density at radius 1 is 1.41 bits per heavy atom. The predicted octanol–water partition coefficient (Wildman–Crippen LogP) is -1.47. The van der Waals surface area contributed by atoms with Crippen LogP contribution in [0.1, 0.15) is 22.2 Å². The maximum Gasteiger partial charge on any atom is 0.251 e. The van der Waals surface area contributed by atoms with Crippen LogP contribution in [0, 0.1) is 0 Å². The van der Waals surface area contributed by atoms with Crippen molar-refractivity contribution in [2.75, 3.05) is 6.61 Å². The van der Waals surface area contributed by atoms with Crippen LogP contribution in [0.15, 0.2) is 16.7 Å². The number of hydrogen-bond donors (Lipinski definition) is 4. The van der Waals surface area contributed by atoms with Gasteiger partial charge in [-0.3, -0.25) is 4.79 Å². The molecule has 0 aliphatic carbocycles. The topological polar surface area (TPSA) is 126 Å². The van der Waals surface area contributed by atoms with Gasteiger partial charge in [0.15, 0.2) is 0 Å². The van der Waals surface area contributed by atoms with Crippen molar-refractivity contribution in [2.24, 2.45) is 5.73 Å². The zero-order valence-corrected chi connectivity index (χ0v) is 8.81. The molecule has 1 aromatic rings. The molecule has 1 fully saturated rings. The molecule has 1 amide bonds. The monoisotopic (exact) mass is 243 g/mol. The lowest BCUT2D eigenvalue weighted by atomic mass is 10.1. The molecule has 7 nitrogen and oxygen atoms in total. The molecule has 1 aliphatic rings. The second-order valence-corrected chi connectivity index (χ2v) is 3.86. The molecular weight excluding hydrogens is 230 g/mol. The van der Waals surface area contributed by atoms with Gasteiger partial charge in [0, 0.05) is 0 Å². The number of carbonyl (C=O) groups excluding carboxylic acids is 1. The molecule has 17 heavy (non-hydrogen) atoms. The smallest absolute Gasteiger partial charge is 0.251 e. The van der Waals surface area contributed by atoms with E-state index in [0.717, 1.165) is 6.26 Å². The van der Waals surface area contributed by atoms with E-state index in [2.05, 4.69) is 0 Å². The summed E-state index contributed by atoms with van der Waals surface area (Å²) in [7, 11) is 0. The summed E-state index contributed by atoms with van der Waals surface area (Å²) in [6.45, 7) is -0.419. The normalized spacial score (nSPS) is 32.9. The second kappa shape index (κ2) is 4.46. The van der Waals surface area contributed by atoms with E-state index in [1.807, 2.05) is 0 Å². The summed E-state index contributed by atoms with van der Waals surface area (Å²) < 4.78 is 10.3. The van der Waals surface area contributed by atoms with Gasteiger partial charge in [-0.15, -0.1) is 0 Å². The molecule has 0 saturated carbocycles. The van der Waals surface area contributed by atoms with Crippen LogP contribution in [0.2, 0.25) is 0 Å². The van der Waals surface area contributed by atoms with Crippen LogP contribution in [0.3, 0.4) is 0 Å². The van der Waals surface area contributed by atoms with Gasteiger partial charge in [0.2, 0.25) is 0 Å².